The number of likely N-dealkylation sites (N-methyl/N-ethyl adjacent to an activating group) is 1. The van der Waals surface area contributed by atoms with E-state index in [9.17, 15) is 0 Å². The van der Waals surface area contributed by atoms with Gasteiger partial charge in [0.15, 0.2) is 0 Å². The van der Waals surface area contributed by atoms with Crippen molar-refractivity contribution in [1.29, 1.82) is 0 Å². The second kappa shape index (κ2) is 7.21. The number of nitrogens with one attached hydrogen (secondary N) is 1. The van der Waals surface area contributed by atoms with Gasteiger partial charge in [-0.05, 0) is 30.5 Å². The number of methoxy groups -OCH3 is 1. The van der Waals surface area contributed by atoms with E-state index >= 15 is 0 Å². The Kier molecular flexibility index (Phi) is 5.58. The summed E-state index contributed by atoms with van der Waals surface area (Å²) in [4.78, 5) is 2.49. The topological polar surface area (TPSA) is 24.5 Å². The Morgan fingerprint density at radius 1 is 1.25 bits per heavy atom. The monoisotopic (exact) mass is 276 g/mol. The summed E-state index contributed by atoms with van der Waals surface area (Å²) < 4.78 is 5.44. The fraction of sp³-hybridized carbons (Fsp3) is 0.647. The molecule has 0 bridgehead atoms. The minimum atomic E-state index is 0.395. The second-order valence-electron chi connectivity index (χ2n) is 6.07. The molecular weight excluding hydrogens is 248 g/mol. The molecular formula is C17H28N2O. The van der Waals surface area contributed by atoms with Crippen molar-refractivity contribution in [3.8, 4) is 0 Å². The molecule has 0 saturated carbocycles. The van der Waals surface area contributed by atoms with Crippen molar-refractivity contribution in [2.75, 3.05) is 33.8 Å². The van der Waals surface area contributed by atoms with Crippen LogP contribution in [-0.4, -0.2) is 44.8 Å². The van der Waals surface area contributed by atoms with Gasteiger partial charge in [0.05, 0.1) is 6.10 Å². The largest absolute Gasteiger partial charge is 0.380 e. The number of nitrogens with zero attached hydrogens (tertiary/aromatic N) is 1. The highest BCUT2D eigenvalue weighted by Crippen LogP contribution is 2.21. The van der Waals surface area contributed by atoms with Gasteiger partial charge in [0.25, 0.3) is 0 Å². The lowest BCUT2D eigenvalue weighted by atomic mass is 9.99. The van der Waals surface area contributed by atoms with Crippen LogP contribution in [0.4, 0.5) is 0 Å². The minimum Gasteiger partial charge on any atom is -0.380 e. The molecule has 112 valence electrons. The highest BCUT2D eigenvalue weighted by Gasteiger charge is 2.24. The molecule has 2 rings (SSSR count). The number of benzene rings is 1. The van der Waals surface area contributed by atoms with Gasteiger partial charge >= 0.3 is 0 Å². The molecule has 1 saturated heterocycles. The van der Waals surface area contributed by atoms with Gasteiger partial charge < -0.3 is 10.1 Å². The smallest absolute Gasteiger partial charge is 0.0710 e. The molecule has 0 radical (unpaired) electrons. The average molecular weight is 276 g/mol. The van der Waals surface area contributed by atoms with Crippen LogP contribution in [0.15, 0.2) is 24.3 Å². The van der Waals surface area contributed by atoms with Crippen molar-refractivity contribution in [3.63, 3.8) is 0 Å². The third-order valence-corrected chi connectivity index (χ3v) is 4.36. The van der Waals surface area contributed by atoms with Crippen molar-refractivity contribution >= 4 is 0 Å². The summed E-state index contributed by atoms with van der Waals surface area (Å²) in [5, 5.41) is 3.44. The van der Waals surface area contributed by atoms with Gasteiger partial charge in [0.2, 0.25) is 0 Å². The maximum Gasteiger partial charge on any atom is 0.0710 e. The molecule has 1 aliphatic rings. The van der Waals surface area contributed by atoms with Gasteiger partial charge in [0.1, 0.15) is 0 Å². The third-order valence-electron chi connectivity index (χ3n) is 4.36. The van der Waals surface area contributed by atoms with E-state index in [1.165, 1.54) is 11.1 Å². The number of hydrogen-bond donors (Lipinski definition) is 1. The highest BCUT2D eigenvalue weighted by atomic mass is 16.5. The molecule has 0 aliphatic carbocycles. The van der Waals surface area contributed by atoms with E-state index in [1.54, 1.807) is 0 Å². The number of likely N-dealkylation sites (tertiary alicyclic amines) is 1. The van der Waals surface area contributed by atoms with E-state index in [-0.39, 0.29) is 0 Å². The van der Waals surface area contributed by atoms with E-state index in [1.807, 2.05) is 14.2 Å². The average Bonchev–Trinajstić information content (AvgIpc) is 2.92. The molecule has 20 heavy (non-hydrogen) atoms. The zero-order chi connectivity index (χ0) is 14.5. The maximum absolute atomic E-state index is 5.44. The Morgan fingerprint density at radius 3 is 2.40 bits per heavy atom. The van der Waals surface area contributed by atoms with Gasteiger partial charge in [-0.2, -0.15) is 0 Å². The van der Waals surface area contributed by atoms with Crippen molar-refractivity contribution in [1.82, 2.24) is 10.2 Å². The Morgan fingerprint density at radius 2 is 1.90 bits per heavy atom. The van der Waals surface area contributed by atoms with Gasteiger partial charge in [-0.25, -0.2) is 0 Å². The molecule has 0 amide bonds. The lowest BCUT2D eigenvalue weighted by Gasteiger charge is -2.24. The second-order valence-corrected chi connectivity index (χ2v) is 6.07. The lowest BCUT2D eigenvalue weighted by molar-refractivity contribution is 0.107. The lowest BCUT2D eigenvalue weighted by Crippen LogP contribution is -2.33. The van der Waals surface area contributed by atoms with Crippen molar-refractivity contribution in [3.05, 3.63) is 35.4 Å². The Bertz CT molecular complexity index is 402. The summed E-state index contributed by atoms with van der Waals surface area (Å²) >= 11 is 0. The van der Waals surface area contributed by atoms with Gasteiger partial charge in [-0.15, -0.1) is 0 Å². The molecule has 1 heterocycles. The highest BCUT2D eigenvalue weighted by molar-refractivity contribution is 5.27. The summed E-state index contributed by atoms with van der Waals surface area (Å²) in [6, 6.07) is 9.44. The van der Waals surface area contributed by atoms with E-state index in [2.05, 4.69) is 48.3 Å². The zero-order valence-electron chi connectivity index (χ0n) is 13.2. The molecule has 0 aromatic heterocycles. The normalized spacial score (nSPS) is 21.6. The predicted octanol–water partition coefficient (Wildman–Crippen LogP) is 2.79. The van der Waals surface area contributed by atoms with Crippen molar-refractivity contribution < 1.29 is 4.74 Å². The third kappa shape index (κ3) is 3.81. The fourth-order valence-corrected chi connectivity index (χ4v) is 2.89. The van der Waals surface area contributed by atoms with Crippen LogP contribution in [0.1, 0.15) is 43.4 Å². The van der Waals surface area contributed by atoms with Crippen LogP contribution in [0.5, 0.6) is 0 Å². The summed E-state index contributed by atoms with van der Waals surface area (Å²) in [5.41, 5.74) is 2.78. The van der Waals surface area contributed by atoms with Crippen LogP contribution in [0.3, 0.4) is 0 Å². The first-order chi connectivity index (χ1) is 9.63. The molecule has 2 unspecified atom stereocenters. The molecule has 1 aromatic rings. The number of rotatable bonds is 6. The standard InChI is InChI=1S/C17H28N2O/c1-13(2)14-5-7-15(8-6-14)17(18-3)12-19-10-9-16(11-19)20-4/h5-8,13,16-18H,9-12H2,1-4H3. The summed E-state index contributed by atoms with van der Waals surface area (Å²) in [6.07, 6.45) is 1.56. The predicted molar refractivity (Wildman–Crippen MR) is 84.2 cm³/mol. The van der Waals surface area contributed by atoms with Gasteiger partial charge in [0, 0.05) is 32.8 Å². The zero-order valence-corrected chi connectivity index (χ0v) is 13.2. The quantitative estimate of drug-likeness (QED) is 0.864. The van der Waals surface area contributed by atoms with Crippen LogP contribution < -0.4 is 5.32 Å². The molecule has 3 heteroatoms. The Labute approximate surface area is 123 Å². The van der Waals surface area contributed by atoms with Crippen LogP contribution in [0.25, 0.3) is 0 Å². The first-order valence-electron chi connectivity index (χ1n) is 7.66. The first kappa shape index (κ1) is 15.5. The van der Waals surface area contributed by atoms with Gasteiger partial charge in [-0.1, -0.05) is 38.1 Å². The van der Waals surface area contributed by atoms with Crippen LogP contribution >= 0.6 is 0 Å². The van der Waals surface area contributed by atoms with Crippen LogP contribution in [0, 0.1) is 0 Å². The van der Waals surface area contributed by atoms with E-state index in [0.29, 0.717) is 18.1 Å². The maximum atomic E-state index is 5.44. The van der Waals surface area contributed by atoms with E-state index < -0.39 is 0 Å². The molecule has 2 atom stereocenters. The Balaban J connectivity index is 1.97. The molecule has 1 N–H and O–H groups in total. The van der Waals surface area contributed by atoms with Crippen LogP contribution in [0.2, 0.25) is 0 Å². The van der Waals surface area contributed by atoms with E-state index in [0.717, 1.165) is 26.1 Å². The first-order valence-corrected chi connectivity index (χ1v) is 7.66. The molecule has 1 fully saturated rings. The summed E-state index contributed by atoms with van der Waals surface area (Å²) in [7, 11) is 3.86. The molecule has 3 nitrogen and oxygen atoms in total. The van der Waals surface area contributed by atoms with Crippen molar-refractivity contribution in [2.45, 2.75) is 38.3 Å². The minimum absolute atomic E-state index is 0.395. The molecule has 1 aliphatic heterocycles. The molecule has 0 spiro atoms. The SMILES string of the molecule is CNC(CN1CCC(OC)C1)c1ccc(C(C)C)cc1. The summed E-state index contributed by atoms with van der Waals surface area (Å²) in [5.74, 6) is 0.595. The van der Waals surface area contributed by atoms with Gasteiger partial charge in [-0.3, -0.25) is 4.90 Å². The fourth-order valence-electron chi connectivity index (χ4n) is 2.89. The van der Waals surface area contributed by atoms with Crippen molar-refractivity contribution in [2.24, 2.45) is 0 Å². The molecule has 1 aromatic carbocycles. The van der Waals surface area contributed by atoms with E-state index in [4.69, 9.17) is 4.74 Å². The summed E-state index contributed by atoms with van der Waals surface area (Å²) in [6.45, 7) is 7.72. The Hall–Kier alpha value is -0.900. The number of ether oxygens (including phenoxy) is 1. The van der Waals surface area contributed by atoms with Crippen LogP contribution in [-0.2, 0) is 4.74 Å². The number of hydrogen-bond acceptors (Lipinski definition) is 3.